The van der Waals surface area contributed by atoms with E-state index in [2.05, 4.69) is 0 Å². The maximum absolute atomic E-state index is 11.0. The molecule has 1 aromatic carbocycles. The Kier molecular flexibility index (Phi) is 3.21. The summed E-state index contributed by atoms with van der Waals surface area (Å²) in [7, 11) is -4.37. The maximum Gasteiger partial charge on any atom is 0.294 e. The number of aromatic hydroxyl groups is 2. The molecule has 6 heteroatoms. The summed E-state index contributed by atoms with van der Waals surface area (Å²) in [6.07, 6.45) is 1.05. The zero-order chi connectivity index (χ0) is 11.6. The summed E-state index contributed by atoms with van der Waals surface area (Å²) < 4.78 is 30.8. The molecule has 0 amide bonds. The van der Waals surface area contributed by atoms with Crippen molar-refractivity contribution in [2.24, 2.45) is 0 Å². The van der Waals surface area contributed by atoms with E-state index >= 15 is 0 Å². The van der Waals surface area contributed by atoms with Gasteiger partial charge < -0.3 is 10.2 Å². The molecule has 0 saturated carbocycles. The second-order valence-electron chi connectivity index (χ2n) is 3.17. The number of benzene rings is 1. The van der Waals surface area contributed by atoms with Gasteiger partial charge in [0, 0.05) is 6.07 Å². The number of phenolic OH excluding ortho intramolecular Hbond substituents is 2. The molecule has 0 aliphatic carbocycles. The molecule has 0 saturated heterocycles. The molecule has 1 aromatic rings. The topological polar surface area (TPSA) is 94.8 Å². The molecule has 0 spiro atoms. The molecule has 1 rings (SSSR count). The minimum Gasteiger partial charge on any atom is -0.504 e. The van der Waals surface area contributed by atoms with Gasteiger partial charge in [-0.25, -0.2) is 0 Å². The summed E-state index contributed by atoms with van der Waals surface area (Å²) in [6, 6.07) is 1.98. The van der Waals surface area contributed by atoms with Crippen molar-refractivity contribution in [2.45, 2.75) is 24.7 Å². The van der Waals surface area contributed by atoms with Crippen LogP contribution in [0.25, 0.3) is 0 Å². The lowest BCUT2D eigenvalue weighted by molar-refractivity contribution is 0.400. The molecule has 5 nitrogen and oxygen atoms in total. The lowest BCUT2D eigenvalue weighted by Crippen LogP contribution is -2.03. The van der Waals surface area contributed by atoms with E-state index in [0.717, 1.165) is 12.1 Å². The number of hydrogen-bond donors (Lipinski definition) is 3. The number of aryl methyl sites for hydroxylation is 1. The van der Waals surface area contributed by atoms with Crippen molar-refractivity contribution in [3.63, 3.8) is 0 Å². The summed E-state index contributed by atoms with van der Waals surface area (Å²) in [5.74, 6) is -0.965. The lowest BCUT2D eigenvalue weighted by Gasteiger charge is -2.07. The molecule has 15 heavy (non-hydrogen) atoms. The molecule has 0 unspecified atom stereocenters. The van der Waals surface area contributed by atoms with Crippen molar-refractivity contribution in [3.05, 3.63) is 17.7 Å². The third kappa shape index (κ3) is 2.60. The van der Waals surface area contributed by atoms with Gasteiger partial charge in [0.2, 0.25) is 0 Å². The van der Waals surface area contributed by atoms with Crippen LogP contribution in [0.2, 0.25) is 0 Å². The Morgan fingerprint density at radius 3 is 2.20 bits per heavy atom. The zero-order valence-corrected chi connectivity index (χ0v) is 8.95. The van der Waals surface area contributed by atoms with Gasteiger partial charge in [0.1, 0.15) is 4.90 Å². The minimum absolute atomic E-state index is 0.287. The van der Waals surface area contributed by atoms with Gasteiger partial charge in [-0.3, -0.25) is 4.55 Å². The molecule has 0 aromatic heterocycles. The van der Waals surface area contributed by atoms with Crippen molar-refractivity contribution < 1.29 is 23.2 Å². The average Bonchev–Trinajstić information content (AvgIpc) is 2.09. The first kappa shape index (κ1) is 11.8. The van der Waals surface area contributed by atoms with Crippen molar-refractivity contribution in [1.29, 1.82) is 0 Å². The van der Waals surface area contributed by atoms with Crippen LogP contribution in [0.4, 0.5) is 0 Å². The Balaban J connectivity index is 3.42. The lowest BCUT2D eigenvalue weighted by atomic mass is 10.1. The van der Waals surface area contributed by atoms with Gasteiger partial charge in [-0.2, -0.15) is 8.42 Å². The van der Waals surface area contributed by atoms with Gasteiger partial charge in [-0.15, -0.1) is 0 Å². The molecule has 3 N–H and O–H groups in total. The van der Waals surface area contributed by atoms with Gasteiger partial charge in [0.25, 0.3) is 10.1 Å². The Morgan fingerprint density at radius 1 is 1.20 bits per heavy atom. The van der Waals surface area contributed by atoms with Crippen LogP contribution in [-0.4, -0.2) is 23.2 Å². The highest BCUT2D eigenvalue weighted by atomic mass is 32.2. The van der Waals surface area contributed by atoms with Gasteiger partial charge in [0.05, 0.1) is 0 Å². The molecular weight excluding hydrogens is 220 g/mol. The third-order valence-electron chi connectivity index (χ3n) is 1.95. The third-order valence-corrected chi connectivity index (χ3v) is 2.89. The highest BCUT2D eigenvalue weighted by Gasteiger charge is 2.17. The highest BCUT2D eigenvalue weighted by Crippen LogP contribution is 2.31. The van der Waals surface area contributed by atoms with Gasteiger partial charge in [0.15, 0.2) is 11.5 Å². The molecule has 0 heterocycles. The van der Waals surface area contributed by atoms with Crippen molar-refractivity contribution in [1.82, 2.24) is 0 Å². The molecule has 0 fully saturated rings. The Labute approximate surface area is 87.7 Å². The average molecular weight is 232 g/mol. The monoisotopic (exact) mass is 232 g/mol. The normalized spacial score (nSPS) is 11.6. The van der Waals surface area contributed by atoms with Crippen LogP contribution in [0.3, 0.4) is 0 Å². The first-order valence-electron chi connectivity index (χ1n) is 4.38. The van der Waals surface area contributed by atoms with Gasteiger partial charge in [-0.1, -0.05) is 13.3 Å². The van der Waals surface area contributed by atoms with Crippen LogP contribution < -0.4 is 0 Å². The molecular formula is C9H12O5S. The molecule has 0 atom stereocenters. The van der Waals surface area contributed by atoms with Crippen LogP contribution in [0.5, 0.6) is 11.5 Å². The van der Waals surface area contributed by atoms with E-state index in [4.69, 9.17) is 9.66 Å². The Bertz CT molecular complexity index is 464. The predicted octanol–water partition coefficient (Wildman–Crippen LogP) is 1.30. The molecule has 0 radical (unpaired) electrons. The summed E-state index contributed by atoms with van der Waals surface area (Å²) in [5, 5.41) is 18.3. The van der Waals surface area contributed by atoms with E-state index in [9.17, 15) is 13.5 Å². The number of phenols is 2. The largest absolute Gasteiger partial charge is 0.504 e. The summed E-state index contributed by atoms with van der Waals surface area (Å²) in [5.41, 5.74) is 0.287. The van der Waals surface area contributed by atoms with Crippen LogP contribution in [0, 0.1) is 0 Å². The van der Waals surface area contributed by atoms with Gasteiger partial charge in [-0.05, 0) is 18.1 Å². The predicted molar refractivity (Wildman–Crippen MR) is 53.6 cm³/mol. The minimum atomic E-state index is -4.37. The SMILES string of the molecule is CCCc1cc(O)c(O)cc1S(=O)(=O)O. The fraction of sp³-hybridized carbons (Fsp3) is 0.333. The number of rotatable bonds is 3. The molecule has 0 aliphatic rings. The first-order valence-corrected chi connectivity index (χ1v) is 5.82. The van der Waals surface area contributed by atoms with E-state index < -0.39 is 21.6 Å². The van der Waals surface area contributed by atoms with Crippen LogP contribution in [-0.2, 0) is 16.5 Å². The second-order valence-corrected chi connectivity index (χ2v) is 4.56. The molecule has 84 valence electrons. The second kappa shape index (κ2) is 4.08. The maximum atomic E-state index is 11.0. The Morgan fingerprint density at radius 2 is 1.73 bits per heavy atom. The Hall–Kier alpha value is -1.27. The fourth-order valence-electron chi connectivity index (χ4n) is 1.31. The first-order chi connectivity index (χ1) is 6.86. The van der Waals surface area contributed by atoms with Crippen molar-refractivity contribution in [2.75, 3.05) is 0 Å². The number of hydrogen-bond acceptors (Lipinski definition) is 4. The smallest absolute Gasteiger partial charge is 0.294 e. The van der Waals surface area contributed by atoms with Crippen LogP contribution in [0.15, 0.2) is 17.0 Å². The highest BCUT2D eigenvalue weighted by molar-refractivity contribution is 7.85. The van der Waals surface area contributed by atoms with E-state index in [0.29, 0.717) is 12.8 Å². The quantitative estimate of drug-likeness (QED) is 0.539. The van der Waals surface area contributed by atoms with Crippen molar-refractivity contribution in [3.8, 4) is 11.5 Å². The fourth-order valence-corrected chi connectivity index (χ4v) is 2.06. The molecule has 0 bridgehead atoms. The molecule has 0 aliphatic heterocycles. The van der Waals surface area contributed by atoms with Gasteiger partial charge >= 0.3 is 0 Å². The van der Waals surface area contributed by atoms with Crippen LogP contribution in [0.1, 0.15) is 18.9 Å². The van der Waals surface area contributed by atoms with Crippen LogP contribution >= 0.6 is 0 Å². The summed E-state index contributed by atoms with van der Waals surface area (Å²) in [6.45, 7) is 1.83. The van der Waals surface area contributed by atoms with Crippen molar-refractivity contribution >= 4 is 10.1 Å². The van der Waals surface area contributed by atoms with E-state index in [1.54, 1.807) is 0 Å². The standard InChI is InChI=1S/C9H12O5S/c1-2-3-6-4-7(10)8(11)5-9(6)15(12,13)14/h4-5,10-11H,2-3H2,1H3,(H,12,13,14). The summed E-state index contributed by atoms with van der Waals surface area (Å²) in [4.78, 5) is -0.361. The van der Waals surface area contributed by atoms with E-state index in [1.165, 1.54) is 0 Å². The van der Waals surface area contributed by atoms with E-state index in [1.807, 2.05) is 6.92 Å². The zero-order valence-electron chi connectivity index (χ0n) is 8.14. The van der Waals surface area contributed by atoms with E-state index in [-0.39, 0.29) is 10.5 Å². The summed E-state index contributed by atoms with van der Waals surface area (Å²) >= 11 is 0.